The van der Waals surface area contributed by atoms with Crippen molar-refractivity contribution < 1.29 is 9.84 Å². The molecular weight excluding hydrogens is 228 g/mol. The highest BCUT2D eigenvalue weighted by Gasteiger charge is 2.28. The van der Waals surface area contributed by atoms with Crippen LogP contribution in [-0.2, 0) is 0 Å². The Morgan fingerprint density at radius 3 is 2.78 bits per heavy atom. The van der Waals surface area contributed by atoms with Gasteiger partial charge in [0.05, 0.1) is 6.04 Å². The average molecular weight is 248 g/mol. The lowest BCUT2D eigenvalue weighted by molar-refractivity contribution is 0.267. The Morgan fingerprint density at radius 1 is 1.22 bits per heavy atom. The number of hydrogen-bond acceptors (Lipinski definition) is 4. The van der Waals surface area contributed by atoms with Crippen LogP contribution in [0.25, 0.3) is 0 Å². The highest BCUT2D eigenvalue weighted by atomic mass is 16.5. The molecule has 18 heavy (non-hydrogen) atoms. The Kier molecular flexibility index (Phi) is 3.14. The standard InChI is InChI=1S/C14H20N2O2/c15-9-1-3-10(4-2-9)16-13-8-18-14-7-11(17)5-6-12(13)14/h5-7,9-10,13,16-17H,1-4,8,15H2. The van der Waals surface area contributed by atoms with E-state index in [0.29, 0.717) is 18.7 Å². The summed E-state index contributed by atoms with van der Waals surface area (Å²) in [6.07, 6.45) is 4.50. The van der Waals surface area contributed by atoms with Gasteiger partial charge < -0.3 is 20.9 Å². The first-order valence-corrected chi connectivity index (χ1v) is 6.70. The zero-order valence-corrected chi connectivity index (χ0v) is 10.4. The van der Waals surface area contributed by atoms with Crippen LogP contribution in [0, 0.1) is 0 Å². The Balaban J connectivity index is 1.66. The summed E-state index contributed by atoms with van der Waals surface area (Å²) in [7, 11) is 0. The summed E-state index contributed by atoms with van der Waals surface area (Å²) in [6.45, 7) is 0.654. The number of fused-ring (bicyclic) bond motifs is 1. The van der Waals surface area contributed by atoms with Gasteiger partial charge in [-0.3, -0.25) is 0 Å². The van der Waals surface area contributed by atoms with Crippen molar-refractivity contribution in [2.75, 3.05) is 6.61 Å². The third-order valence-electron chi connectivity index (χ3n) is 3.99. The van der Waals surface area contributed by atoms with Crippen LogP contribution in [0.5, 0.6) is 11.5 Å². The molecule has 3 rings (SSSR count). The molecule has 1 unspecified atom stereocenters. The van der Waals surface area contributed by atoms with Crippen molar-refractivity contribution in [3.63, 3.8) is 0 Å². The number of rotatable bonds is 2. The second-order valence-corrected chi connectivity index (χ2v) is 5.36. The topological polar surface area (TPSA) is 67.5 Å². The van der Waals surface area contributed by atoms with Crippen LogP contribution >= 0.6 is 0 Å². The summed E-state index contributed by atoms with van der Waals surface area (Å²) in [6, 6.07) is 6.53. The fourth-order valence-electron chi connectivity index (χ4n) is 2.91. The van der Waals surface area contributed by atoms with Gasteiger partial charge >= 0.3 is 0 Å². The molecule has 0 radical (unpaired) electrons. The van der Waals surface area contributed by atoms with Gasteiger partial charge in [-0.25, -0.2) is 0 Å². The van der Waals surface area contributed by atoms with Gasteiger partial charge in [0.25, 0.3) is 0 Å². The lowest BCUT2D eigenvalue weighted by Crippen LogP contribution is -2.39. The first kappa shape index (κ1) is 11.8. The zero-order valence-electron chi connectivity index (χ0n) is 10.4. The van der Waals surface area contributed by atoms with E-state index in [2.05, 4.69) is 5.32 Å². The molecule has 4 nitrogen and oxygen atoms in total. The predicted molar refractivity (Wildman–Crippen MR) is 69.7 cm³/mol. The fourth-order valence-corrected chi connectivity index (χ4v) is 2.91. The number of aromatic hydroxyl groups is 1. The van der Waals surface area contributed by atoms with Crippen LogP contribution in [0.1, 0.15) is 37.3 Å². The lowest BCUT2D eigenvalue weighted by Gasteiger charge is -2.29. The van der Waals surface area contributed by atoms with E-state index in [9.17, 15) is 5.11 Å². The molecule has 1 atom stereocenters. The Morgan fingerprint density at radius 2 is 2.00 bits per heavy atom. The SMILES string of the molecule is NC1CCC(NC2COc3cc(O)ccc32)CC1. The molecular formula is C14H20N2O2. The molecule has 4 heteroatoms. The van der Waals surface area contributed by atoms with E-state index in [0.717, 1.165) is 37.0 Å². The van der Waals surface area contributed by atoms with Crippen molar-refractivity contribution in [1.82, 2.24) is 5.32 Å². The number of benzene rings is 1. The summed E-state index contributed by atoms with van der Waals surface area (Å²) in [5, 5.41) is 13.1. The first-order valence-electron chi connectivity index (χ1n) is 6.70. The molecule has 0 spiro atoms. The molecule has 2 aliphatic rings. The smallest absolute Gasteiger partial charge is 0.127 e. The summed E-state index contributed by atoms with van der Waals surface area (Å²) in [4.78, 5) is 0. The fraction of sp³-hybridized carbons (Fsp3) is 0.571. The monoisotopic (exact) mass is 248 g/mol. The van der Waals surface area contributed by atoms with Gasteiger partial charge in [0.1, 0.15) is 18.1 Å². The minimum absolute atomic E-state index is 0.250. The van der Waals surface area contributed by atoms with E-state index < -0.39 is 0 Å². The number of nitrogens with one attached hydrogen (secondary N) is 1. The van der Waals surface area contributed by atoms with E-state index >= 15 is 0 Å². The van der Waals surface area contributed by atoms with Crippen LogP contribution in [-0.4, -0.2) is 23.8 Å². The molecule has 1 aromatic rings. The lowest BCUT2D eigenvalue weighted by atomic mass is 9.91. The molecule has 0 amide bonds. The van der Waals surface area contributed by atoms with Crippen LogP contribution < -0.4 is 15.8 Å². The largest absolute Gasteiger partial charge is 0.508 e. The minimum atomic E-state index is 0.250. The van der Waals surface area contributed by atoms with Crippen LogP contribution in [0.4, 0.5) is 0 Å². The molecule has 1 heterocycles. The van der Waals surface area contributed by atoms with Gasteiger partial charge in [-0.05, 0) is 37.8 Å². The average Bonchev–Trinajstić information content (AvgIpc) is 2.74. The maximum atomic E-state index is 9.42. The highest BCUT2D eigenvalue weighted by molar-refractivity contribution is 5.44. The Hall–Kier alpha value is -1.26. The highest BCUT2D eigenvalue weighted by Crippen LogP contribution is 2.35. The molecule has 1 fully saturated rings. The van der Waals surface area contributed by atoms with E-state index in [-0.39, 0.29) is 11.8 Å². The predicted octanol–water partition coefficient (Wildman–Crippen LogP) is 1.69. The molecule has 1 aliphatic carbocycles. The van der Waals surface area contributed by atoms with Gasteiger partial charge in [0, 0.05) is 23.7 Å². The number of ether oxygens (including phenoxy) is 1. The first-order chi connectivity index (χ1) is 8.72. The molecule has 0 saturated heterocycles. The van der Waals surface area contributed by atoms with Crippen molar-refractivity contribution in [3.05, 3.63) is 23.8 Å². The zero-order chi connectivity index (χ0) is 12.5. The van der Waals surface area contributed by atoms with Gasteiger partial charge in [-0.2, -0.15) is 0 Å². The normalized spacial score (nSPS) is 30.8. The van der Waals surface area contributed by atoms with Gasteiger partial charge in [-0.1, -0.05) is 0 Å². The second-order valence-electron chi connectivity index (χ2n) is 5.36. The second kappa shape index (κ2) is 4.78. The van der Waals surface area contributed by atoms with Crippen molar-refractivity contribution >= 4 is 0 Å². The van der Waals surface area contributed by atoms with E-state index in [4.69, 9.17) is 10.5 Å². The van der Waals surface area contributed by atoms with Crippen molar-refractivity contribution in [3.8, 4) is 11.5 Å². The Bertz CT molecular complexity index is 428. The number of phenolic OH excluding ortho intramolecular Hbond substituents is 1. The third kappa shape index (κ3) is 2.31. The maximum absolute atomic E-state index is 9.42. The molecule has 0 aromatic heterocycles. The molecule has 4 N–H and O–H groups in total. The number of nitrogens with two attached hydrogens (primary N) is 1. The molecule has 1 saturated carbocycles. The molecule has 1 aliphatic heterocycles. The van der Waals surface area contributed by atoms with Gasteiger partial charge in [0.2, 0.25) is 0 Å². The maximum Gasteiger partial charge on any atom is 0.127 e. The van der Waals surface area contributed by atoms with Crippen LogP contribution in [0.15, 0.2) is 18.2 Å². The summed E-state index contributed by atoms with van der Waals surface area (Å²) < 4.78 is 5.61. The van der Waals surface area contributed by atoms with Crippen molar-refractivity contribution in [2.45, 2.75) is 43.8 Å². The number of phenols is 1. The van der Waals surface area contributed by atoms with Crippen molar-refractivity contribution in [1.29, 1.82) is 0 Å². The van der Waals surface area contributed by atoms with Crippen LogP contribution in [0.2, 0.25) is 0 Å². The van der Waals surface area contributed by atoms with E-state index in [1.54, 1.807) is 12.1 Å². The summed E-state index contributed by atoms with van der Waals surface area (Å²) >= 11 is 0. The van der Waals surface area contributed by atoms with E-state index in [1.165, 1.54) is 0 Å². The summed E-state index contributed by atoms with van der Waals surface area (Å²) in [5.74, 6) is 1.07. The summed E-state index contributed by atoms with van der Waals surface area (Å²) in [5.41, 5.74) is 7.07. The molecule has 1 aromatic carbocycles. The Labute approximate surface area is 107 Å². The molecule has 0 bridgehead atoms. The van der Waals surface area contributed by atoms with Gasteiger partial charge in [0.15, 0.2) is 0 Å². The third-order valence-corrected chi connectivity index (χ3v) is 3.99. The van der Waals surface area contributed by atoms with Crippen molar-refractivity contribution in [2.24, 2.45) is 5.73 Å². The van der Waals surface area contributed by atoms with E-state index in [1.807, 2.05) is 6.07 Å². The van der Waals surface area contributed by atoms with Crippen LogP contribution in [0.3, 0.4) is 0 Å². The van der Waals surface area contributed by atoms with Gasteiger partial charge in [-0.15, -0.1) is 0 Å². The number of hydrogen-bond donors (Lipinski definition) is 3. The minimum Gasteiger partial charge on any atom is -0.508 e. The quantitative estimate of drug-likeness (QED) is 0.745. The molecule has 98 valence electrons.